The molecule has 158 valence electrons. The van der Waals surface area contributed by atoms with E-state index in [9.17, 15) is 4.79 Å². The van der Waals surface area contributed by atoms with E-state index in [1.807, 2.05) is 29.8 Å². The third-order valence-corrected chi connectivity index (χ3v) is 5.06. The van der Waals surface area contributed by atoms with Crippen molar-refractivity contribution < 1.29 is 9.53 Å². The van der Waals surface area contributed by atoms with Crippen LogP contribution in [0, 0.1) is 0 Å². The van der Waals surface area contributed by atoms with Gasteiger partial charge >= 0.3 is 0 Å². The van der Waals surface area contributed by atoms with E-state index in [4.69, 9.17) is 10.5 Å². The number of para-hydroxylation sites is 1. The highest BCUT2D eigenvalue weighted by molar-refractivity contribution is 5.93. The first-order valence-electron chi connectivity index (χ1n) is 10.4. The Kier molecular flexibility index (Phi) is 8.18. The van der Waals surface area contributed by atoms with Crippen molar-refractivity contribution in [2.24, 2.45) is 5.73 Å². The molecule has 1 aliphatic heterocycles. The normalized spacial score (nSPS) is 15.9. The standard InChI is InChI=1S/C21H32N6O2/c1-2-5-18(22)21(28)25-20-15-27(16-24-20)19-7-4-3-6-17(19)14-23-8-9-26-10-12-29-13-11-26/h3-4,6-7,15-16,18,23H,2,5,8-14,22H2,1H3,(H,25,28)/t18-/m0/s1. The van der Waals surface area contributed by atoms with E-state index < -0.39 is 6.04 Å². The first-order chi connectivity index (χ1) is 14.2. The van der Waals surface area contributed by atoms with E-state index in [2.05, 4.69) is 32.7 Å². The van der Waals surface area contributed by atoms with Crippen LogP contribution in [0.15, 0.2) is 36.8 Å². The van der Waals surface area contributed by atoms with E-state index in [1.165, 1.54) is 5.56 Å². The number of nitrogens with two attached hydrogens (primary N) is 1. The summed E-state index contributed by atoms with van der Waals surface area (Å²) in [5, 5.41) is 6.32. The lowest BCUT2D eigenvalue weighted by Crippen LogP contribution is -2.40. The van der Waals surface area contributed by atoms with Crippen molar-refractivity contribution in [3.05, 3.63) is 42.4 Å². The molecule has 1 amide bonds. The molecule has 1 aromatic heterocycles. The topological polar surface area (TPSA) is 97.4 Å². The molecule has 0 radical (unpaired) electrons. The quantitative estimate of drug-likeness (QED) is 0.521. The minimum atomic E-state index is -0.506. The maximum atomic E-state index is 12.1. The summed E-state index contributed by atoms with van der Waals surface area (Å²) in [5.41, 5.74) is 8.09. The van der Waals surface area contributed by atoms with E-state index in [0.717, 1.165) is 58.0 Å². The van der Waals surface area contributed by atoms with Crippen LogP contribution >= 0.6 is 0 Å². The van der Waals surface area contributed by atoms with Gasteiger partial charge < -0.3 is 25.7 Å². The molecular formula is C21H32N6O2. The maximum Gasteiger partial charge on any atom is 0.242 e. The smallest absolute Gasteiger partial charge is 0.242 e. The van der Waals surface area contributed by atoms with Crippen molar-refractivity contribution in [3.63, 3.8) is 0 Å². The number of aromatic nitrogens is 2. The number of amides is 1. The van der Waals surface area contributed by atoms with Gasteiger partial charge in [0.05, 0.1) is 31.1 Å². The number of morpholine rings is 1. The van der Waals surface area contributed by atoms with E-state index in [-0.39, 0.29) is 5.91 Å². The third kappa shape index (κ3) is 6.37. The van der Waals surface area contributed by atoms with Crippen LogP contribution in [0.3, 0.4) is 0 Å². The Bertz CT molecular complexity index is 772. The molecule has 0 bridgehead atoms. The van der Waals surface area contributed by atoms with Gasteiger partial charge in [0, 0.05) is 32.7 Å². The Morgan fingerprint density at radius 1 is 1.31 bits per heavy atom. The number of rotatable bonds is 10. The van der Waals surface area contributed by atoms with Crippen LogP contribution in [0.2, 0.25) is 0 Å². The fourth-order valence-corrected chi connectivity index (χ4v) is 3.38. The van der Waals surface area contributed by atoms with Crippen molar-refractivity contribution in [2.75, 3.05) is 44.7 Å². The molecular weight excluding hydrogens is 368 g/mol. The van der Waals surface area contributed by atoms with E-state index in [0.29, 0.717) is 12.2 Å². The Balaban J connectivity index is 1.55. The second-order valence-electron chi connectivity index (χ2n) is 7.31. The molecule has 8 heteroatoms. The number of hydrogen-bond donors (Lipinski definition) is 3. The van der Waals surface area contributed by atoms with Gasteiger partial charge in [0.2, 0.25) is 5.91 Å². The van der Waals surface area contributed by atoms with Crippen molar-refractivity contribution in [2.45, 2.75) is 32.4 Å². The van der Waals surface area contributed by atoms with E-state index >= 15 is 0 Å². The number of benzene rings is 1. The largest absolute Gasteiger partial charge is 0.379 e. The molecule has 1 saturated heterocycles. The van der Waals surface area contributed by atoms with Gasteiger partial charge in [-0.3, -0.25) is 9.69 Å². The molecule has 1 fully saturated rings. The Morgan fingerprint density at radius 2 is 2.10 bits per heavy atom. The summed E-state index contributed by atoms with van der Waals surface area (Å²) < 4.78 is 7.32. The minimum absolute atomic E-state index is 0.199. The predicted molar refractivity (Wildman–Crippen MR) is 114 cm³/mol. The number of imidazole rings is 1. The van der Waals surface area contributed by atoms with Crippen LogP contribution in [-0.4, -0.2) is 65.8 Å². The highest BCUT2D eigenvalue weighted by Crippen LogP contribution is 2.16. The second-order valence-corrected chi connectivity index (χ2v) is 7.31. The SMILES string of the molecule is CCC[C@H](N)C(=O)Nc1cn(-c2ccccc2CNCCN2CCOCC2)cn1. The molecule has 0 unspecified atom stereocenters. The number of carbonyl (C=O) groups is 1. The van der Waals surface area contributed by atoms with Gasteiger partial charge in [0.1, 0.15) is 6.33 Å². The highest BCUT2D eigenvalue weighted by atomic mass is 16.5. The average Bonchev–Trinajstić information content (AvgIpc) is 3.20. The molecule has 2 aromatic rings. The molecule has 0 aliphatic carbocycles. The van der Waals surface area contributed by atoms with Crippen molar-refractivity contribution >= 4 is 11.7 Å². The Hall–Kier alpha value is -2.26. The third-order valence-electron chi connectivity index (χ3n) is 5.06. The fourth-order valence-electron chi connectivity index (χ4n) is 3.38. The summed E-state index contributed by atoms with van der Waals surface area (Å²) in [6.07, 6.45) is 5.07. The number of nitrogens with zero attached hydrogens (tertiary/aromatic N) is 3. The monoisotopic (exact) mass is 400 g/mol. The summed E-state index contributed by atoms with van der Waals surface area (Å²) in [4.78, 5) is 18.8. The molecule has 0 spiro atoms. The van der Waals surface area contributed by atoms with Gasteiger partial charge in [-0.2, -0.15) is 0 Å². The van der Waals surface area contributed by atoms with Gasteiger partial charge in [-0.25, -0.2) is 4.98 Å². The summed E-state index contributed by atoms with van der Waals surface area (Å²) in [6.45, 7) is 8.38. The fraction of sp³-hybridized carbons (Fsp3) is 0.524. The summed E-state index contributed by atoms with van der Waals surface area (Å²) >= 11 is 0. The highest BCUT2D eigenvalue weighted by Gasteiger charge is 2.14. The molecule has 1 aliphatic rings. The van der Waals surface area contributed by atoms with Gasteiger partial charge in [-0.1, -0.05) is 31.5 Å². The molecule has 0 saturated carbocycles. The van der Waals surface area contributed by atoms with Crippen molar-refractivity contribution in [1.29, 1.82) is 0 Å². The summed E-state index contributed by atoms with van der Waals surface area (Å²) in [6, 6.07) is 7.68. The zero-order valence-corrected chi connectivity index (χ0v) is 17.1. The van der Waals surface area contributed by atoms with Crippen LogP contribution in [0.25, 0.3) is 5.69 Å². The van der Waals surface area contributed by atoms with E-state index in [1.54, 1.807) is 6.33 Å². The van der Waals surface area contributed by atoms with Gasteiger partial charge in [-0.15, -0.1) is 0 Å². The first kappa shape index (κ1) is 21.4. The number of anilines is 1. The van der Waals surface area contributed by atoms with Crippen molar-refractivity contribution in [1.82, 2.24) is 19.8 Å². The summed E-state index contributed by atoms with van der Waals surface area (Å²) in [7, 11) is 0. The number of hydrogen-bond acceptors (Lipinski definition) is 6. The van der Waals surface area contributed by atoms with Crippen LogP contribution in [-0.2, 0) is 16.1 Å². The van der Waals surface area contributed by atoms with Gasteiger partial charge in [0.15, 0.2) is 5.82 Å². The lowest BCUT2D eigenvalue weighted by Gasteiger charge is -2.26. The number of ether oxygens (including phenoxy) is 1. The molecule has 4 N–H and O–H groups in total. The Morgan fingerprint density at radius 3 is 2.90 bits per heavy atom. The Labute approximate surface area is 172 Å². The minimum Gasteiger partial charge on any atom is -0.379 e. The molecule has 1 atom stereocenters. The lowest BCUT2D eigenvalue weighted by molar-refractivity contribution is -0.117. The molecule has 2 heterocycles. The second kappa shape index (κ2) is 11.1. The lowest BCUT2D eigenvalue weighted by atomic mass is 10.1. The van der Waals surface area contributed by atoms with Crippen LogP contribution in [0.1, 0.15) is 25.3 Å². The van der Waals surface area contributed by atoms with Crippen LogP contribution < -0.4 is 16.4 Å². The number of carbonyl (C=O) groups excluding carboxylic acids is 1. The van der Waals surface area contributed by atoms with Gasteiger partial charge in [-0.05, 0) is 18.1 Å². The predicted octanol–water partition coefficient (Wildman–Crippen LogP) is 1.36. The first-order valence-corrected chi connectivity index (χ1v) is 10.4. The maximum absolute atomic E-state index is 12.1. The molecule has 29 heavy (non-hydrogen) atoms. The zero-order chi connectivity index (χ0) is 20.5. The number of nitrogens with one attached hydrogen (secondary N) is 2. The molecule has 8 nitrogen and oxygen atoms in total. The molecule has 1 aromatic carbocycles. The zero-order valence-electron chi connectivity index (χ0n) is 17.1. The summed E-state index contributed by atoms with van der Waals surface area (Å²) in [5.74, 6) is 0.312. The van der Waals surface area contributed by atoms with Crippen LogP contribution in [0.5, 0.6) is 0 Å². The average molecular weight is 401 g/mol. The van der Waals surface area contributed by atoms with Crippen LogP contribution in [0.4, 0.5) is 5.82 Å². The van der Waals surface area contributed by atoms with Gasteiger partial charge in [0.25, 0.3) is 0 Å². The van der Waals surface area contributed by atoms with Crippen molar-refractivity contribution in [3.8, 4) is 5.69 Å². The molecule has 3 rings (SSSR count).